The molecule has 0 aliphatic heterocycles. The minimum atomic E-state index is -0.193. The third-order valence-electron chi connectivity index (χ3n) is 3.25. The summed E-state index contributed by atoms with van der Waals surface area (Å²) in [7, 11) is 3.16. The molecule has 0 unspecified atom stereocenters. The van der Waals surface area contributed by atoms with Crippen molar-refractivity contribution in [2.75, 3.05) is 14.2 Å². The van der Waals surface area contributed by atoms with Crippen molar-refractivity contribution in [2.45, 2.75) is 13.5 Å². The number of aromatic nitrogens is 1. The zero-order valence-corrected chi connectivity index (χ0v) is 13.4. The maximum atomic E-state index is 11.9. The second-order valence-corrected chi connectivity index (χ2v) is 4.85. The lowest BCUT2D eigenvalue weighted by molar-refractivity contribution is -0.684. The molecular formula is C17H20N3O3+. The van der Waals surface area contributed by atoms with Crippen LogP contribution in [0.1, 0.15) is 12.5 Å². The lowest BCUT2D eigenvalue weighted by Gasteiger charge is -2.09. The maximum Gasteiger partial charge on any atom is 0.305 e. The molecule has 0 bridgehead atoms. The second-order valence-electron chi connectivity index (χ2n) is 4.85. The van der Waals surface area contributed by atoms with Crippen molar-refractivity contribution in [3.63, 3.8) is 0 Å². The highest BCUT2D eigenvalue weighted by Crippen LogP contribution is 2.27. The Bertz CT molecular complexity index is 699. The lowest BCUT2D eigenvalue weighted by Crippen LogP contribution is -2.41. The van der Waals surface area contributed by atoms with Gasteiger partial charge in [0.25, 0.3) is 0 Å². The molecule has 1 aromatic carbocycles. The van der Waals surface area contributed by atoms with E-state index in [1.165, 1.54) is 0 Å². The van der Waals surface area contributed by atoms with Crippen LogP contribution in [0.5, 0.6) is 11.5 Å². The van der Waals surface area contributed by atoms with Crippen LogP contribution in [0.3, 0.4) is 0 Å². The lowest BCUT2D eigenvalue weighted by atomic mass is 10.1. The Labute approximate surface area is 135 Å². The van der Waals surface area contributed by atoms with Gasteiger partial charge in [0.2, 0.25) is 6.54 Å². The molecule has 1 N–H and O–H groups in total. The number of hydrogen-bond acceptors (Lipinski definition) is 4. The Morgan fingerprint density at radius 2 is 1.83 bits per heavy atom. The Balaban J connectivity index is 2.03. The summed E-state index contributed by atoms with van der Waals surface area (Å²) in [4.78, 5) is 11.9. The van der Waals surface area contributed by atoms with E-state index in [-0.39, 0.29) is 12.5 Å². The van der Waals surface area contributed by atoms with Gasteiger partial charge in [-0.3, -0.25) is 4.79 Å². The normalized spacial score (nSPS) is 11.0. The summed E-state index contributed by atoms with van der Waals surface area (Å²) in [6.07, 6.45) is 3.65. The predicted molar refractivity (Wildman–Crippen MR) is 86.5 cm³/mol. The van der Waals surface area contributed by atoms with Crippen LogP contribution in [0.4, 0.5) is 0 Å². The van der Waals surface area contributed by atoms with Crippen LogP contribution in [0, 0.1) is 0 Å². The fraction of sp³-hybridized carbons (Fsp3) is 0.235. The number of rotatable bonds is 6. The molecule has 1 amide bonds. The highest BCUT2D eigenvalue weighted by molar-refractivity contribution is 5.99. The van der Waals surface area contributed by atoms with Gasteiger partial charge in [0.15, 0.2) is 23.9 Å². The number of methoxy groups -OCH3 is 2. The van der Waals surface area contributed by atoms with E-state index in [1.54, 1.807) is 24.9 Å². The first-order valence-electron chi connectivity index (χ1n) is 7.13. The minimum absolute atomic E-state index is 0.193. The van der Waals surface area contributed by atoms with Crippen molar-refractivity contribution in [1.29, 1.82) is 0 Å². The van der Waals surface area contributed by atoms with Crippen LogP contribution in [0.2, 0.25) is 0 Å². The summed E-state index contributed by atoms with van der Waals surface area (Å²) in [5.41, 5.74) is 4.07. The molecule has 0 atom stereocenters. The van der Waals surface area contributed by atoms with Gasteiger partial charge in [0.1, 0.15) is 0 Å². The summed E-state index contributed by atoms with van der Waals surface area (Å²) in [5.74, 6) is 1.07. The fourth-order valence-electron chi connectivity index (χ4n) is 2.01. The van der Waals surface area contributed by atoms with E-state index in [4.69, 9.17) is 9.47 Å². The molecule has 0 spiro atoms. The smallest absolute Gasteiger partial charge is 0.305 e. The average Bonchev–Trinajstić information content (AvgIpc) is 2.59. The molecular weight excluding hydrogens is 294 g/mol. The van der Waals surface area contributed by atoms with Crippen molar-refractivity contribution < 1.29 is 18.8 Å². The van der Waals surface area contributed by atoms with Crippen molar-refractivity contribution in [3.05, 3.63) is 54.4 Å². The van der Waals surface area contributed by atoms with Gasteiger partial charge >= 0.3 is 5.91 Å². The first-order chi connectivity index (χ1) is 11.1. The largest absolute Gasteiger partial charge is 0.493 e. The van der Waals surface area contributed by atoms with Crippen molar-refractivity contribution in [2.24, 2.45) is 5.10 Å². The molecule has 6 nitrogen and oxygen atoms in total. The van der Waals surface area contributed by atoms with E-state index in [1.807, 2.05) is 49.6 Å². The van der Waals surface area contributed by atoms with Crippen LogP contribution >= 0.6 is 0 Å². The highest BCUT2D eigenvalue weighted by Gasteiger charge is 2.09. The molecule has 2 rings (SSSR count). The molecule has 2 aromatic rings. The number of amides is 1. The van der Waals surface area contributed by atoms with Gasteiger partial charge in [-0.1, -0.05) is 6.07 Å². The van der Waals surface area contributed by atoms with Crippen LogP contribution in [0.15, 0.2) is 53.9 Å². The van der Waals surface area contributed by atoms with Crippen LogP contribution in [-0.4, -0.2) is 25.8 Å². The van der Waals surface area contributed by atoms with Crippen molar-refractivity contribution >= 4 is 11.6 Å². The molecule has 0 saturated heterocycles. The summed E-state index contributed by atoms with van der Waals surface area (Å²) in [5, 5.41) is 4.13. The van der Waals surface area contributed by atoms with E-state index >= 15 is 0 Å². The van der Waals surface area contributed by atoms with E-state index in [9.17, 15) is 4.79 Å². The number of hydrazone groups is 1. The molecule has 0 saturated carbocycles. The molecule has 23 heavy (non-hydrogen) atoms. The molecule has 0 radical (unpaired) electrons. The van der Waals surface area contributed by atoms with Gasteiger partial charge in [-0.2, -0.15) is 9.67 Å². The second kappa shape index (κ2) is 7.93. The quantitative estimate of drug-likeness (QED) is 0.500. The Hall–Kier alpha value is -2.89. The first-order valence-corrected chi connectivity index (χ1v) is 7.13. The van der Waals surface area contributed by atoms with Crippen LogP contribution in [-0.2, 0) is 11.3 Å². The standard InChI is InChI=1S/C17H19N3O3/c1-13(14-7-8-15(22-2)16(11-14)23-3)18-19-17(21)12-20-9-5-4-6-10-20/h4-11H,12H2,1-3H3/p+1/b18-13+. The molecule has 6 heteroatoms. The van der Waals surface area contributed by atoms with Crippen molar-refractivity contribution in [1.82, 2.24) is 5.43 Å². The molecule has 0 aliphatic carbocycles. The molecule has 0 aliphatic rings. The zero-order chi connectivity index (χ0) is 16.7. The topological polar surface area (TPSA) is 63.8 Å². The minimum Gasteiger partial charge on any atom is -0.493 e. The Morgan fingerprint density at radius 3 is 2.48 bits per heavy atom. The molecule has 1 aromatic heterocycles. The SMILES string of the molecule is COc1ccc(/C(C)=N/NC(=O)C[n+]2ccccc2)cc1OC. The van der Waals surface area contributed by atoms with Crippen LogP contribution in [0.25, 0.3) is 0 Å². The zero-order valence-electron chi connectivity index (χ0n) is 13.4. The van der Waals surface area contributed by atoms with Gasteiger partial charge in [0, 0.05) is 17.7 Å². The summed E-state index contributed by atoms with van der Waals surface area (Å²) < 4.78 is 12.2. The van der Waals surface area contributed by atoms with Gasteiger partial charge in [-0.05, 0) is 25.1 Å². The van der Waals surface area contributed by atoms with Gasteiger partial charge in [-0.25, -0.2) is 5.43 Å². The Kier molecular flexibility index (Phi) is 5.68. The number of nitrogens with zero attached hydrogens (tertiary/aromatic N) is 2. The predicted octanol–water partition coefficient (Wildman–Crippen LogP) is 1.53. The van der Waals surface area contributed by atoms with Crippen molar-refractivity contribution in [3.8, 4) is 11.5 Å². The highest BCUT2D eigenvalue weighted by atomic mass is 16.5. The Morgan fingerprint density at radius 1 is 1.13 bits per heavy atom. The third-order valence-corrected chi connectivity index (χ3v) is 3.25. The molecule has 0 fully saturated rings. The summed E-state index contributed by atoms with van der Waals surface area (Å²) in [6, 6.07) is 11.1. The van der Waals surface area contributed by atoms with E-state index in [2.05, 4.69) is 10.5 Å². The number of pyridine rings is 1. The summed E-state index contributed by atoms with van der Waals surface area (Å²) >= 11 is 0. The van der Waals surface area contributed by atoms with E-state index in [0.717, 1.165) is 5.56 Å². The monoisotopic (exact) mass is 314 g/mol. The molecule has 120 valence electrons. The fourth-order valence-corrected chi connectivity index (χ4v) is 2.01. The number of carbonyl (C=O) groups excluding carboxylic acids is 1. The van der Waals surface area contributed by atoms with Gasteiger partial charge in [0.05, 0.1) is 19.9 Å². The van der Waals surface area contributed by atoms with E-state index < -0.39 is 0 Å². The first kappa shape index (κ1) is 16.5. The van der Waals surface area contributed by atoms with Gasteiger partial charge in [-0.15, -0.1) is 0 Å². The number of nitrogens with one attached hydrogen (secondary N) is 1. The number of ether oxygens (including phenoxy) is 2. The summed E-state index contributed by atoms with van der Waals surface area (Å²) in [6.45, 7) is 2.03. The van der Waals surface area contributed by atoms with E-state index in [0.29, 0.717) is 17.2 Å². The van der Waals surface area contributed by atoms with Crippen LogP contribution < -0.4 is 19.5 Å². The average molecular weight is 314 g/mol. The molecule has 1 heterocycles. The number of hydrogen-bond donors (Lipinski definition) is 1. The maximum absolute atomic E-state index is 11.9. The number of benzene rings is 1. The number of carbonyl (C=O) groups is 1. The third kappa shape index (κ3) is 4.54. The van der Waals surface area contributed by atoms with Gasteiger partial charge < -0.3 is 9.47 Å².